The van der Waals surface area contributed by atoms with Gasteiger partial charge in [-0.1, -0.05) is 96.9 Å². The third-order valence-electron chi connectivity index (χ3n) is 5.97. The van der Waals surface area contributed by atoms with Crippen molar-refractivity contribution in [3.8, 4) is 0 Å². The van der Waals surface area contributed by atoms with Crippen LogP contribution in [-0.4, -0.2) is 34.6 Å². The van der Waals surface area contributed by atoms with Gasteiger partial charge in [0.2, 0.25) is 11.8 Å². The van der Waals surface area contributed by atoms with Gasteiger partial charge in [0, 0.05) is 34.8 Å². The zero-order valence-electron chi connectivity index (χ0n) is 20.6. The van der Waals surface area contributed by atoms with E-state index in [9.17, 15) is 9.59 Å². The van der Waals surface area contributed by atoms with E-state index in [1.165, 1.54) is 11.8 Å². The molecule has 3 aromatic carbocycles. The normalized spacial score (nSPS) is 12.6. The van der Waals surface area contributed by atoms with Gasteiger partial charge in [-0.25, -0.2) is 0 Å². The van der Waals surface area contributed by atoms with Crippen LogP contribution < -0.4 is 5.32 Å². The summed E-state index contributed by atoms with van der Waals surface area (Å²) in [6.45, 7) is 4.36. The molecule has 1 N–H and O–H groups in total. The van der Waals surface area contributed by atoms with Gasteiger partial charge in [-0.15, -0.1) is 11.8 Å². The van der Waals surface area contributed by atoms with E-state index < -0.39 is 6.04 Å². The van der Waals surface area contributed by atoms with Crippen LogP contribution in [0, 0.1) is 0 Å². The predicted octanol–water partition coefficient (Wildman–Crippen LogP) is 6.78. The average Bonchev–Trinajstić information content (AvgIpc) is 2.88. The van der Waals surface area contributed by atoms with Gasteiger partial charge in [-0.3, -0.25) is 9.59 Å². The molecule has 3 aromatic rings. The molecule has 0 aliphatic rings. The van der Waals surface area contributed by atoms with E-state index in [0.717, 1.165) is 23.1 Å². The highest BCUT2D eigenvalue weighted by molar-refractivity contribution is 7.99. The van der Waals surface area contributed by atoms with Crippen molar-refractivity contribution in [2.75, 3.05) is 5.75 Å². The Bertz CT molecular complexity index is 1130. The van der Waals surface area contributed by atoms with Gasteiger partial charge in [0.1, 0.15) is 6.04 Å². The zero-order valence-corrected chi connectivity index (χ0v) is 23.0. The fourth-order valence-corrected chi connectivity index (χ4v) is 5.21. The van der Waals surface area contributed by atoms with E-state index in [1.54, 1.807) is 17.0 Å². The van der Waals surface area contributed by atoms with E-state index in [2.05, 4.69) is 5.32 Å². The Morgan fingerprint density at radius 2 is 1.58 bits per heavy atom. The highest BCUT2D eigenvalue weighted by Crippen LogP contribution is 2.25. The number of rotatable bonds is 12. The lowest BCUT2D eigenvalue weighted by molar-refractivity contribution is -0.139. The van der Waals surface area contributed by atoms with Crippen LogP contribution in [0.4, 0.5) is 0 Å². The van der Waals surface area contributed by atoms with Gasteiger partial charge in [0.25, 0.3) is 0 Å². The first kappa shape index (κ1) is 28.1. The quantitative estimate of drug-likeness (QED) is 0.274. The number of carbonyl (C=O) groups is 2. The van der Waals surface area contributed by atoms with E-state index in [0.29, 0.717) is 28.8 Å². The van der Waals surface area contributed by atoms with Crippen molar-refractivity contribution < 1.29 is 9.59 Å². The second-order valence-corrected chi connectivity index (χ2v) is 10.6. The van der Waals surface area contributed by atoms with Crippen LogP contribution in [0.1, 0.15) is 37.0 Å². The summed E-state index contributed by atoms with van der Waals surface area (Å²) in [6.07, 6.45) is 1.25. The molecule has 36 heavy (non-hydrogen) atoms. The number of hydrogen-bond donors (Lipinski definition) is 1. The number of amides is 2. The SMILES string of the molecule is CC[C@@H](C)NC(=O)[C@H](Cc1ccccc1)N(Cc1ccccc1)C(=O)CSCc1ccc(Cl)cc1Cl. The lowest BCUT2D eigenvalue weighted by Gasteiger charge is -2.32. The topological polar surface area (TPSA) is 49.4 Å². The van der Waals surface area contributed by atoms with Crippen LogP contribution in [0.15, 0.2) is 78.9 Å². The minimum Gasteiger partial charge on any atom is -0.352 e. The molecule has 3 rings (SSSR count). The molecule has 0 aliphatic heterocycles. The van der Waals surface area contributed by atoms with Crippen LogP contribution in [-0.2, 0) is 28.3 Å². The Kier molecular flexibility index (Phi) is 11.2. The summed E-state index contributed by atoms with van der Waals surface area (Å²) in [5, 5.41) is 4.26. The van der Waals surface area contributed by atoms with Crippen molar-refractivity contribution in [3.63, 3.8) is 0 Å². The first-order valence-electron chi connectivity index (χ1n) is 12.1. The van der Waals surface area contributed by atoms with Crippen LogP contribution in [0.2, 0.25) is 10.0 Å². The number of thioether (sulfide) groups is 1. The predicted molar refractivity (Wildman–Crippen MR) is 151 cm³/mol. The average molecular weight is 544 g/mol. The van der Waals surface area contributed by atoms with Crippen molar-refractivity contribution in [1.29, 1.82) is 0 Å². The maximum atomic E-state index is 13.6. The van der Waals surface area contributed by atoms with E-state index >= 15 is 0 Å². The van der Waals surface area contributed by atoms with Crippen molar-refractivity contribution in [3.05, 3.63) is 106 Å². The third kappa shape index (κ3) is 8.58. The first-order valence-corrected chi connectivity index (χ1v) is 14.0. The van der Waals surface area contributed by atoms with Crippen molar-refractivity contribution >= 4 is 46.8 Å². The molecule has 0 spiro atoms. The molecule has 0 unspecified atom stereocenters. The molecular weight excluding hydrogens is 511 g/mol. The van der Waals surface area contributed by atoms with Crippen molar-refractivity contribution in [2.45, 2.75) is 51.1 Å². The smallest absolute Gasteiger partial charge is 0.243 e. The highest BCUT2D eigenvalue weighted by atomic mass is 35.5. The Labute approximate surface area is 228 Å². The van der Waals surface area contributed by atoms with Crippen molar-refractivity contribution in [1.82, 2.24) is 10.2 Å². The molecule has 0 radical (unpaired) electrons. The Balaban J connectivity index is 1.83. The van der Waals surface area contributed by atoms with Crippen molar-refractivity contribution in [2.24, 2.45) is 0 Å². The van der Waals surface area contributed by atoms with Gasteiger partial charge < -0.3 is 10.2 Å². The molecule has 2 amide bonds. The molecular formula is C29H32Cl2N2O2S. The fraction of sp³-hybridized carbons (Fsp3) is 0.310. The van der Waals surface area contributed by atoms with Gasteiger partial charge in [-0.2, -0.15) is 0 Å². The molecule has 2 atom stereocenters. The van der Waals surface area contributed by atoms with Gasteiger partial charge >= 0.3 is 0 Å². The molecule has 0 fully saturated rings. The van der Waals surface area contributed by atoms with Crippen LogP contribution in [0.3, 0.4) is 0 Å². The highest BCUT2D eigenvalue weighted by Gasteiger charge is 2.30. The van der Waals surface area contributed by atoms with E-state index in [1.807, 2.05) is 80.6 Å². The summed E-state index contributed by atoms with van der Waals surface area (Å²) in [4.78, 5) is 28.8. The number of carbonyl (C=O) groups excluding carboxylic acids is 2. The number of nitrogens with one attached hydrogen (secondary N) is 1. The number of hydrogen-bond acceptors (Lipinski definition) is 3. The van der Waals surface area contributed by atoms with Crippen LogP contribution in [0.5, 0.6) is 0 Å². The summed E-state index contributed by atoms with van der Waals surface area (Å²) < 4.78 is 0. The molecule has 0 heterocycles. The van der Waals surface area contributed by atoms with Gasteiger partial charge in [0.15, 0.2) is 0 Å². The molecule has 0 aliphatic carbocycles. The standard InChI is InChI=1S/C29H32Cl2N2O2S/c1-3-21(2)32-29(35)27(16-22-10-6-4-7-11-22)33(18-23-12-8-5-9-13-23)28(34)20-36-19-24-14-15-25(30)17-26(24)31/h4-15,17,21,27H,3,16,18-20H2,1-2H3,(H,32,35)/t21-,27+/m1/s1. The summed E-state index contributed by atoms with van der Waals surface area (Å²) in [6, 6.07) is 24.4. The lowest BCUT2D eigenvalue weighted by atomic mass is 10.0. The zero-order chi connectivity index (χ0) is 25.9. The minimum atomic E-state index is -0.631. The number of nitrogens with zero attached hydrogens (tertiary/aromatic N) is 1. The maximum Gasteiger partial charge on any atom is 0.243 e. The van der Waals surface area contributed by atoms with E-state index in [4.69, 9.17) is 23.2 Å². The largest absolute Gasteiger partial charge is 0.352 e. The summed E-state index contributed by atoms with van der Waals surface area (Å²) in [7, 11) is 0. The maximum absolute atomic E-state index is 13.6. The monoisotopic (exact) mass is 542 g/mol. The second-order valence-electron chi connectivity index (χ2n) is 8.76. The Morgan fingerprint density at radius 1 is 0.944 bits per heavy atom. The molecule has 190 valence electrons. The van der Waals surface area contributed by atoms with Gasteiger partial charge in [0.05, 0.1) is 5.75 Å². The molecule has 0 saturated heterocycles. The molecule has 0 aromatic heterocycles. The number of benzene rings is 3. The Hall–Kier alpha value is -2.47. The molecule has 0 bridgehead atoms. The van der Waals surface area contributed by atoms with Crippen LogP contribution in [0.25, 0.3) is 0 Å². The summed E-state index contributed by atoms with van der Waals surface area (Å²) in [5.41, 5.74) is 2.91. The first-order chi connectivity index (χ1) is 17.4. The number of halogens is 2. The minimum absolute atomic E-state index is 0.0193. The van der Waals surface area contributed by atoms with Gasteiger partial charge in [-0.05, 0) is 42.2 Å². The molecule has 4 nitrogen and oxygen atoms in total. The molecule has 0 saturated carbocycles. The summed E-state index contributed by atoms with van der Waals surface area (Å²) >= 11 is 13.8. The second kappa shape index (κ2) is 14.3. The molecule has 7 heteroatoms. The third-order valence-corrected chi connectivity index (χ3v) is 7.52. The van der Waals surface area contributed by atoms with E-state index in [-0.39, 0.29) is 23.6 Å². The Morgan fingerprint density at radius 3 is 2.19 bits per heavy atom. The summed E-state index contributed by atoms with van der Waals surface area (Å²) in [5.74, 6) is 0.578. The lowest BCUT2D eigenvalue weighted by Crippen LogP contribution is -2.52. The van der Waals surface area contributed by atoms with Crippen LogP contribution >= 0.6 is 35.0 Å². The fourth-order valence-electron chi connectivity index (χ4n) is 3.75.